The fraction of sp³-hybridized carbons (Fsp3) is 0.423. The molecule has 206 valence electrons. The van der Waals surface area contributed by atoms with Crippen molar-refractivity contribution < 1.29 is 58.9 Å². The standard InChI is InChI=1S/C26H30O12/c1-15(27)35-14-19-21(30)22(31)23(32)24(38-19)37-18-9-7-17(8-10-18)13-36-25(33)26(34,12-20(28)29)11-16-5-3-2-4-6-16/h2-10,19,21-24,30-32,34H,11-14H2,1H3,(H,28,29). The van der Waals surface area contributed by atoms with Crippen LogP contribution in [0, 0.1) is 0 Å². The van der Waals surface area contributed by atoms with Gasteiger partial charge in [-0.1, -0.05) is 42.5 Å². The van der Waals surface area contributed by atoms with Crippen LogP contribution in [0.3, 0.4) is 0 Å². The highest BCUT2D eigenvalue weighted by Gasteiger charge is 2.45. The Morgan fingerprint density at radius 1 is 0.895 bits per heavy atom. The van der Waals surface area contributed by atoms with E-state index < -0.39 is 60.6 Å². The molecule has 0 bridgehead atoms. The lowest BCUT2D eigenvalue weighted by atomic mass is 9.91. The number of rotatable bonds is 11. The third kappa shape index (κ3) is 7.73. The maximum Gasteiger partial charge on any atom is 0.339 e. The van der Waals surface area contributed by atoms with E-state index in [9.17, 15) is 39.9 Å². The molecule has 0 saturated carbocycles. The summed E-state index contributed by atoms with van der Waals surface area (Å²) in [5.74, 6) is -2.86. The minimum Gasteiger partial charge on any atom is -0.481 e. The number of hydrogen-bond acceptors (Lipinski definition) is 11. The maximum atomic E-state index is 12.6. The number of aliphatic hydroxyl groups excluding tert-OH is 3. The average molecular weight is 535 g/mol. The van der Waals surface area contributed by atoms with Gasteiger partial charge in [-0.3, -0.25) is 9.59 Å². The van der Waals surface area contributed by atoms with Crippen molar-refractivity contribution in [1.82, 2.24) is 0 Å². The highest BCUT2D eigenvalue weighted by Crippen LogP contribution is 2.26. The minimum absolute atomic E-state index is 0.199. The van der Waals surface area contributed by atoms with E-state index >= 15 is 0 Å². The molecule has 0 aromatic heterocycles. The molecule has 0 amide bonds. The molecule has 2 aromatic rings. The number of carbonyl (C=O) groups is 3. The number of hydrogen-bond donors (Lipinski definition) is 5. The predicted octanol–water partition coefficient (Wildman–Crippen LogP) is -0.0722. The fourth-order valence-electron chi connectivity index (χ4n) is 3.82. The van der Waals surface area contributed by atoms with Crippen molar-refractivity contribution in [3.05, 3.63) is 65.7 Å². The SMILES string of the molecule is CC(=O)OCC1OC(Oc2ccc(COC(=O)C(O)(CC(=O)O)Cc3ccccc3)cc2)C(O)C(O)C1O. The zero-order valence-corrected chi connectivity index (χ0v) is 20.5. The molecule has 1 saturated heterocycles. The van der Waals surface area contributed by atoms with Gasteiger partial charge in [-0.15, -0.1) is 0 Å². The number of aliphatic carboxylic acids is 1. The van der Waals surface area contributed by atoms with Gasteiger partial charge >= 0.3 is 17.9 Å². The molecule has 6 atom stereocenters. The van der Waals surface area contributed by atoms with Crippen molar-refractivity contribution in [3.63, 3.8) is 0 Å². The molecule has 6 unspecified atom stereocenters. The molecule has 2 aromatic carbocycles. The minimum atomic E-state index is -2.27. The third-order valence-electron chi connectivity index (χ3n) is 5.83. The van der Waals surface area contributed by atoms with E-state index in [1.165, 1.54) is 31.2 Å². The van der Waals surface area contributed by atoms with E-state index in [0.29, 0.717) is 11.1 Å². The number of esters is 2. The second-order valence-electron chi connectivity index (χ2n) is 8.92. The molecular formula is C26H30O12. The molecule has 3 rings (SSSR count). The summed E-state index contributed by atoms with van der Waals surface area (Å²) in [6.07, 6.45) is -8.33. The van der Waals surface area contributed by atoms with Crippen LogP contribution in [0.1, 0.15) is 24.5 Å². The van der Waals surface area contributed by atoms with E-state index in [2.05, 4.69) is 0 Å². The summed E-state index contributed by atoms with van der Waals surface area (Å²) in [4.78, 5) is 35.0. The van der Waals surface area contributed by atoms with E-state index in [4.69, 9.17) is 18.9 Å². The summed E-state index contributed by atoms with van der Waals surface area (Å²) in [5, 5.41) is 50.4. The van der Waals surface area contributed by atoms with Crippen LogP contribution in [0.5, 0.6) is 5.75 Å². The molecule has 0 spiro atoms. The largest absolute Gasteiger partial charge is 0.481 e. The van der Waals surface area contributed by atoms with Crippen LogP contribution in [0.25, 0.3) is 0 Å². The summed E-state index contributed by atoms with van der Waals surface area (Å²) in [6.45, 7) is 0.542. The first-order valence-corrected chi connectivity index (χ1v) is 11.7. The second kappa shape index (κ2) is 12.8. The van der Waals surface area contributed by atoms with Crippen molar-refractivity contribution in [1.29, 1.82) is 0 Å². The molecule has 0 radical (unpaired) electrons. The summed E-state index contributed by atoms with van der Waals surface area (Å²) in [5.41, 5.74) is -1.22. The average Bonchev–Trinajstić information content (AvgIpc) is 2.87. The van der Waals surface area contributed by atoms with Gasteiger partial charge in [0.2, 0.25) is 6.29 Å². The molecule has 5 N–H and O–H groups in total. The lowest BCUT2D eigenvalue weighted by molar-refractivity contribution is -0.278. The van der Waals surface area contributed by atoms with Gasteiger partial charge in [0, 0.05) is 13.3 Å². The van der Waals surface area contributed by atoms with Crippen molar-refractivity contribution >= 4 is 17.9 Å². The van der Waals surface area contributed by atoms with Gasteiger partial charge in [0.1, 0.15) is 43.4 Å². The Hall–Kier alpha value is -3.55. The molecule has 12 nitrogen and oxygen atoms in total. The molecule has 1 heterocycles. The topological polar surface area (TPSA) is 189 Å². The van der Waals surface area contributed by atoms with E-state index in [1.54, 1.807) is 30.3 Å². The second-order valence-corrected chi connectivity index (χ2v) is 8.92. The van der Waals surface area contributed by atoms with Gasteiger partial charge in [-0.2, -0.15) is 0 Å². The Kier molecular flexibility index (Phi) is 9.78. The third-order valence-corrected chi connectivity index (χ3v) is 5.83. The number of carboxylic acid groups (broad SMARTS) is 1. The summed E-state index contributed by atoms with van der Waals surface area (Å²) < 4.78 is 21.0. The van der Waals surface area contributed by atoms with Crippen LogP contribution in [-0.4, -0.2) is 86.4 Å². The molecule has 1 aliphatic heterocycles. The molecule has 12 heteroatoms. The summed E-state index contributed by atoms with van der Waals surface area (Å²) >= 11 is 0. The monoisotopic (exact) mass is 534 g/mol. The Balaban J connectivity index is 1.60. The van der Waals surface area contributed by atoms with Gasteiger partial charge in [0.15, 0.2) is 5.60 Å². The number of carboxylic acids is 1. The molecule has 1 aliphatic rings. The maximum absolute atomic E-state index is 12.6. The molecule has 38 heavy (non-hydrogen) atoms. The predicted molar refractivity (Wildman–Crippen MR) is 128 cm³/mol. The lowest BCUT2D eigenvalue weighted by Crippen LogP contribution is -2.60. The number of carbonyl (C=O) groups excluding carboxylic acids is 2. The van der Waals surface area contributed by atoms with Gasteiger partial charge in [0.05, 0.1) is 6.42 Å². The van der Waals surface area contributed by atoms with Crippen LogP contribution >= 0.6 is 0 Å². The zero-order chi connectivity index (χ0) is 27.9. The first-order valence-electron chi connectivity index (χ1n) is 11.7. The number of aliphatic hydroxyl groups is 4. The van der Waals surface area contributed by atoms with Gasteiger partial charge in [0.25, 0.3) is 0 Å². The highest BCUT2D eigenvalue weighted by molar-refractivity contribution is 5.85. The number of ether oxygens (including phenoxy) is 4. The van der Waals surface area contributed by atoms with Crippen LogP contribution in [0.2, 0.25) is 0 Å². The highest BCUT2D eigenvalue weighted by atomic mass is 16.7. The van der Waals surface area contributed by atoms with E-state index in [1.807, 2.05) is 0 Å². The normalized spacial score (nSPS) is 24.6. The fourth-order valence-corrected chi connectivity index (χ4v) is 3.82. The Labute approximate surface area is 218 Å². The van der Waals surface area contributed by atoms with Crippen LogP contribution in [-0.2, 0) is 41.6 Å². The lowest BCUT2D eigenvalue weighted by Gasteiger charge is -2.39. The molecule has 1 fully saturated rings. The van der Waals surface area contributed by atoms with Crippen molar-refractivity contribution in [2.45, 2.75) is 62.7 Å². The van der Waals surface area contributed by atoms with Crippen molar-refractivity contribution in [2.24, 2.45) is 0 Å². The summed E-state index contributed by atoms with van der Waals surface area (Å²) in [6, 6.07) is 14.4. The zero-order valence-electron chi connectivity index (χ0n) is 20.5. The molecule has 0 aliphatic carbocycles. The first-order chi connectivity index (χ1) is 18.0. The smallest absolute Gasteiger partial charge is 0.339 e. The molecular weight excluding hydrogens is 504 g/mol. The van der Waals surface area contributed by atoms with Gasteiger partial charge in [-0.25, -0.2) is 4.79 Å². The van der Waals surface area contributed by atoms with Gasteiger partial charge < -0.3 is 44.5 Å². The van der Waals surface area contributed by atoms with Crippen LogP contribution in [0.15, 0.2) is 54.6 Å². The van der Waals surface area contributed by atoms with Crippen LogP contribution in [0.4, 0.5) is 0 Å². The Morgan fingerprint density at radius 2 is 1.55 bits per heavy atom. The van der Waals surface area contributed by atoms with Crippen molar-refractivity contribution in [3.8, 4) is 5.75 Å². The quantitative estimate of drug-likeness (QED) is 0.242. The van der Waals surface area contributed by atoms with Crippen molar-refractivity contribution in [2.75, 3.05) is 6.61 Å². The summed E-state index contributed by atoms with van der Waals surface area (Å²) in [7, 11) is 0. The van der Waals surface area contributed by atoms with Gasteiger partial charge in [-0.05, 0) is 23.3 Å². The van der Waals surface area contributed by atoms with E-state index in [-0.39, 0.29) is 25.4 Å². The number of benzene rings is 2. The Bertz CT molecular complexity index is 1090. The Morgan fingerprint density at radius 3 is 2.16 bits per heavy atom. The first kappa shape index (κ1) is 29.0. The van der Waals surface area contributed by atoms with Crippen LogP contribution < -0.4 is 4.74 Å². The van der Waals surface area contributed by atoms with E-state index in [0.717, 1.165) is 0 Å².